The highest BCUT2D eigenvalue weighted by Crippen LogP contribution is 2.43. The summed E-state index contributed by atoms with van der Waals surface area (Å²) >= 11 is 0. The number of carbonyl (C=O) groups excluding carboxylic acids is 2. The first-order valence-electron chi connectivity index (χ1n) is 11.5. The molecule has 2 amide bonds. The van der Waals surface area contributed by atoms with Crippen molar-refractivity contribution >= 4 is 17.7 Å². The lowest BCUT2D eigenvalue weighted by Crippen LogP contribution is -2.62. The smallest absolute Gasteiger partial charge is 0.426 e. The summed E-state index contributed by atoms with van der Waals surface area (Å²) in [4.78, 5) is 29.0. The lowest BCUT2D eigenvalue weighted by atomic mass is 9.72. The molecule has 1 aromatic carbocycles. The van der Waals surface area contributed by atoms with Crippen LogP contribution in [0.15, 0.2) is 18.2 Å². The first-order chi connectivity index (χ1) is 16.3. The highest BCUT2D eigenvalue weighted by Gasteiger charge is 2.61. The number of likely N-dealkylation sites (tertiary alicyclic amines) is 2. The largest absolute Gasteiger partial charge is 0.434 e. The van der Waals surface area contributed by atoms with Crippen molar-refractivity contribution in [3.63, 3.8) is 0 Å². The number of benzene rings is 1. The van der Waals surface area contributed by atoms with Gasteiger partial charge in [-0.25, -0.2) is 4.79 Å². The van der Waals surface area contributed by atoms with Gasteiger partial charge in [-0.3, -0.25) is 9.69 Å². The molecule has 3 heterocycles. The zero-order valence-corrected chi connectivity index (χ0v) is 19.2. The Balaban J connectivity index is 1.32. The van der Waals surface area contributed by atoms with Crippen molar-refractivity contribution in [2.75, 3.05) is 37.6 Å². The number of aryl methyl sites for hydroxylation is 1. The topological polar surface area (TPSA) is 53.1 Å². The molecule has 6 nitrogen and oxygen atoms in total. The van der Waals surface area contributed by atoms with Crippen molar-refractivity contribution < 1.29 is 40.7 Å². The molecule has 0 bridgehead atoms. The molecule has 2 fully saturated rings. The van der Waals surface area contributed by atoms with Gasteiger partial charge in [-0.15, -0.1) is 0 Å². The molecule has 0 aliphatic carbocycles. The van der Waals surface area contributed by atoms with Crippen molar-refractivity contribution in [2.45, 2.75) is 57.6 Å². The molecule has 0 aromatic heterocycles. The molecule has 0 saturated carbocycles. The summed E-state index contributed by atoms with van der Waals surface area (Å²) in [5.41, 5.74) is 2.83. The van der Waals surface area contributed by atoms with Crippen LogP contribution in [0.25, 0.3) is 0 Å². The van der Waals surface area contributed by atoms with E-state index in [0.29, 0.717) is 39.0 Å². The first-order valence-corrected chi connectivity index (χ1v) is 11.5. The number of carbonyl (C=O) groups is 2. The van der Waals surface area contributed by atoms with Crippen LogP contribution in [0.1, 0.15) is 37.3 Å². The number of hydrogen-bond acceptors (Lipinski definition) is 4. The summed E-state index contributed by atoms with van der Waals surface area (Å²) in [6.45, 7) is 4.34. The number of amides is 2. The van der Waals surface area contributed by atoms with Crippen molar-refractivity contribution in [3.8, 4) is 0 Å². The summed E-state index contributed by atoms with van der Waals surface area (Å²) in [6.07, 6.45) is -14.1. The molecule has 0 atom stereocenters. The van der Waals surface area contributed by atoms with E-state index in [1.165, 1.54) is 0 Å². The lowest BCUT2D eigenvalue weighted by Gasteiger charge is -2.53. The second kappa shape index (κ2) is 9.18. The lowest BCUT2D eigenvalue weighted by molar-refractivity contribution is -0.309. The average Bonchev–Trinajstić information content (AvgIpc) is 2.74. The van der Waals surface area contributed by atoms with Crippen LogP contribution in [-0.4, -0.2) is 73.0 Å². The molecule has 1 spiro atoms. The number of halogens is 6. The van der Waals surface area contributed by atoms with Crippen LogP contribution < -0.4 is 4.90 Å². The van der Waals surface area contributed by atoms with E-state index in [1.54, 1.807) is 6.92 Å². The number of alkyl halides is 6. The Morgan fingerprint density at radius 3 is 2.23 bits per heavy atom. The van der Waals surface area contributed by atoms with Crippen molar-refractivity contribution in [1.29, 1.82) is 0 Å². The van der Waals surface area contributed by atoms with E-state index in [-0.39, 0.29) is 24.4 Å². The molecule has 3 aliphatic rings. The quantitative estimate of drug-likeness (QED) is 0.565. The van der Waals surface area contributed by atoms with Gasteiger partial charge in [0.15, 0.2) is 0 Å². The van der Waals surface area contributed by atoms with Crippen LogP contribution in [-0.2, 0) is 22.5 Å². The van der Waals surface area contributed by atoms with Gasteiger partial charge in [0.05, 0.1) is 5.69 Å². The Morgan fingerprint density at radius 1 is 1.03 bits per heavy atom. The molecular formula is C23H27F6N3O3. The van der Waals surface area contributed by atoms with Crippen LogP contribution in [0.3, 0.4) is 0 Å². The van der Waals surface area contributed by atoms with Crippen LogP contribution in [0.4, 0.5) is 36.8 Å². The van der Waals surface area contributed by atoms with Crippen LogP contribution in [0.5, 0.6) is 0 Å². The number of piperidine rings is 1. The Labute approximate surface area is 198 Å². The van der Waals surface area contributed by atoms with E-state index >= 15 is 0 Å². The molecule has 0 N–H and O–H groups in total. The standard InChI is InChI=1S/C23H27F6N3O3/c1-15(33)32-9-3-6-16-4-2-5-17(18(16)32)12-30-10-7-21(8-11-30)13-31(14-21)20(34)35-19(22(24,25)26)23(27,28)29/h2,4-5,19H,3,6-14H2,1H3. The number of para-hydroxylation sites is 1. The van der Waals surface area contributed by atoms with E-state index in [1.807, 2.05) is 23.1 Å². The Bertz CT molecular complexity index is 950. The summed E-state index contributed by atoms with van der Waals surface area (Å²) < 4.78 is 79.8. The zero-order chi connectivity index (χ0) is 25.6. The summed E-state index contributed by atoms with van der Waals surface area (Å²) in [5.74, 6) is -0.00396. The molecule has 4 rings (SSSR count). The molecule has 35 heavy (non-hydrogen) atoms. The van der Waals surface area contributed by atoms with Gasteiger partial charge in [0.25, 0.3) is 6.10 Å². The monoisotopic (exact) mass is 507 g/mol. The van der Waals surface area contributed by atoms with Crippen molar-refractivity contribution in [1.82, 2.24) is 9.80 Å². The third-order valence-corrected chi connectivity index (χ3v) is 7.12. The third kappa shape index (κ3) is 5.36. The fourth-order valence-corrected chi connectivity index (χ4v) is 5.30. The molecule has 3 aliphatic heterocycles. The summed E-state index contributed by atoms with van der Waals surface area (Å²) in [5, 5.41) is 0. The van der Waals surface area contributed by atoms with Gasteiger partial charge in [-0.1, -0.05) is 18.2 Å². The predicted octanol–water partition coefficient (Wildman–Crippen LogP) is 4.51. The van der Waals surface area contributed by atoms with Crippen LogP contribution >= 0.6 is 0 Å². The molecule has 0 radical (unpaired) electrons. The molecule has 194 valence electrons. The van der Waals surface area contributed by atoms with Gasteiger partial charge in [-0.05, 0) is 49.9 Å². The maximum absolute atomic E-state index is 12.7. The second-order valence-electron chi connectivity index (χ2n) is 9.68. The number of nitrogens with zero attached hydrogens (tertiary/aromatic N) is 3. The van der Waals surface area contributed by atoms with E-state index in [0.717, 1.165) is 34.6 Å². The SMILES string of the molecule is CC(=O)N1CCCc2cccc(CN3CCC4(CC3)CN(C(=O)OC(C(F)(F)F)C(F)(F)F)C4)c21. The number of hydrogen-bond donors (Lipinski definition) is 0. The molecule has 1 aromatic rings. The number of anilines is 1. The molecule has 12 heteroatoms. The van der Waals surface area contributed by atoms with Gasteiger partial charge in [0.2, 0.25) is 5.91 Å². The minimum Gasteiger partial charge on any atom is -0.426 e. The maximum atomic E-state index is 12.7. The van der Waals surface area contributed by atoms with Crippen LogP contribution in [0.2, 0.25) is 0 Å². The molecule has 0 unspecified atom stereocenters. The van der Waals surface area contributed by atoms with Gasteiger partial charge in [-0.2, -0.15) is 26.3 Å². The van der Waals surface area contributed by atoms with Gasteiger partial charge in [0.1, 0.15) is 0 Å². The minimum atomic E-state index is -5.73. The summed E-state index contributed by atoms with van der Waals surface area (Å²) in [6, 6.07) is 6.01. The van der Waals surface area contributed by atoms with E-state index in [2.05, 4.69) is 9.64 Å². The van der Waals surface area contributed by atoms with Gasteiger partial charge < -0.3 is 14.5 Å². The van der Waals surface area contributed by atoms with E-state index in [4.69, 9.17) is 0 Å². The zero-order valence-electron chi connectivity index (χ0n) is 19.2. The molecular weight excluding hydrogens is 480 g/mol. The number of ether oxygens (including phenoxy) is 1. The number of rotatable bonds is 3. The van der Waals surface area contributed by atoms with Crippen molar-refractivity contribution in [2.24, 2.45) is 5.41 Å². The average molecular weight is 507 g/mol. The molecule has 2 saturated heterocycles. The Morgan fingerprint density at radius 2 is 1.66 bits per heavy atom. The normalized spacial score (nSPS) is 20.6. The second-order valence-corrected chi connectivity index (χ2v) is 9.68. The Hall–Kier alpha value is -2.50. The number of fused-ring (bicyclic) bond motifs is 1. The van der Waals surface area contributed by atoms with Crippen LogP contribution in [0, 0.1) is 5.41 Å². The Kier molecular flexibility index (Phi) is 6.71. The van der Waals surface area contributed by atoms with Gasteiger partial charge in [0, 0.05) is 38.5 Å². The fraction of sp³-hybridized carbons (Fsp3) is 0.652. The predicted molar refractivity (Wildman–Crippen MR) is 114 cm³/mol. The minimum absolute atomic E-state index is 0.00396. The van der Waals surface area contributed by atoms with Crippen molar-refractivity contribution in [3.05, 3.63) is 29.3 Å². The van der Waals surface area contributed by atoms with Gasteiger partial charge >= 0.3 is 18.4 Å². The van der Waals surface area contributed by atoms with E-state index in [9.17, 15) is 35.9 Å². The fourth-order valence-electron chi connectivity index (χ4n) is 5.30. The highest BCUT2D eigenvalue weighted by atomic mass is 19.4. The third-order valence-electron chi connectivity index (χ3n) is 7.12. The highest BCUT2D eigenvalue weighted by molar-refractivity contribution is 5.93. The maximum Gasteiger partial charge on any atom is 0.434 e. The first kappa shape index (κ1) is 25.6. The summed E-state index contributed by atoms with van der Waals surface area (Å²) in [7, 11) is 0. The van der Waals surface area contributed by atoms with E-state index < -0.39 is 24.5 Å².